The van der Waals surface area contributed by atoms with Gasteiger partial charge in [0.1, 0.15) is 0 Å². The number of imidazole rings is 1. The van der Waals surface area contributed by atoms with Crippen LogP contribution in [0.5, 0.6) is 0 Å². The van der Waals surface area contributed by atoms with E-state index in [9.17, 15) is 4.79 Å². The number of carbonyl (C=O) groups is 1. The summed E-state index contributed by atoms with van der Waals surface area (Å²) in [5.74, 6) is -0.0870. The van der Waals surface area contributed by atoms with Gasteiger partial charge >= 0.3 is 0 Å². The third-order valence-corrected chi connectivity index (χ3v) is 4.31. The molecule has 6 heteroatoms. The summed E-state index contributed by atoms with van der Waals surface area (Å²) in [7, 11) is 1.92. The fourth-order valence-corrected chi connectivity index (χ4v) is 2.99. The summed E-state index contributed by atoms with van der Waals surface area (Å²) in [5.41, 5.74) is 5.48. The predicted molar refractivity (Wildman–Crippen MR) is 89.3 cm³/mol. The summed E-state index contributed by atoms with van der Waals surface area (Å²) in [6.07, 6.45) is 2.44. The SMILES string of the molecule is CC[C@H](NC(=O)c1ccc2nc[nH]c2c1)c1c(C)nn(C)c1C. The monoisotopic (exact) mass is 311 g/mol. The van der Waals surface area contributed by atoms with E-state index in [2.05, 4.69) is 27.3 Å². The number of amides is 1. The van der Waals surface area contributed by atoms with Gasteiger partial charge < -0.3 is 10.3 Å². The molecule has 1 amide bonds. The van der Waals surface area contributed by atoms with E-state index in [0.29, 0.717) is 5.56 Å². The van der Waals surface area contributed by atoms with Crippen LogP contribution in [0.2, 0.25) is 0 Å². The molecule has 0 unspecified atom stereocenters. The van der Waals surface area contributed by atoms with Crippen molar-refractivity contribution in [2.45, 2.75) is 33.2 Å². The number of hydrogen-bond donors (Lipinski definition) is 2. The minimum Gasteiger partial charge on any atom is -0.345 e. The van der Waals surface area contributed by atoms with Crippen LogP contribution in [0.4, 0.5) is 0 Å². The summed E-state index contributed by atoms with van der Waals surface area (Å²) >= 11 is 0. The Kier molecular flexibility index (Phi) is 3.90. The number of benzene rings is 1. The van der Waals surface area contributed by atoms with Crippen LogP contribution in [-0.4, -0.2) is 25.7 Å². The third kappa shape index (κ3) is 2.72. The highest BCUT2D eigenvalue weighted by atomic mass is 16.1. The number of aromatic amines is 1. The first kappa shape index (κ1) is 15.3. The number of carbonyl (C=O) groups excluding carboxylic acids is 1. The number of nitrogens with zero attached hydrogens (tertiary/aromatic N) is 3. The lowest BCUT2D eigenvalue weighted by Gasteiger charge is -2.18. The Morgan fingerprint density at radius 2 is 2.17 bits per heavy atom. The van der Waals surface area contributed by atoms with Crippen molar-refractivity contribution in [2.24, 2.45) is 7.05 Å². The molecule has 0 saturated heterocycles. The minimum absolute atomic E-state index is 0.0475. The number of fused-ring (bicyclic) bond motifs is 1. The van der Waals surface area contributed by atoms with Crippen molar-refractivity contribution in [3.63, 3.8) is 0 Å². The van der Waals surface area contributed by atoms with Crippen LogP contribution < -0.4 is 5.32 Å². The first-order valence-electron chi connectivity index (χ1n) is 7.75. The van der Waals surface area contributed by atoms with Gasteiger partial charge in [0.25, 0.3) is 5.91 Å². The Morgan fingerprint density at radius 1 is 1.39 bits per heavy atom. The number of nitrogens with one attached hydrogen (secondary N) is 2. The smallest absolute Gasteiger partial charge is 0.251 e. The second kappa shape index (κ2) is 5.87. The third-order valence-electron chi connectivity index (χ3n) is 4.31. The van der Waals surface area contributed by atoms with Crippen molar-refractivity contribution in [1.82, 2.24) is 25.1 Å². The molecule has 0 saturated carbocycles. The molecule has 2 aromatic heterocycles. The van der Waals surface area contributed by atoms with Gasteiger partial charge in [-0.15, -0.1) is 0 Å². The molecular weight excluding hydrogens is 290 g/mol. The number of hydrogen-bond acceptors (Lipinski definition) is 3. The van der Waals surface area contributed by atoms with Gasteiger partial charge in [0.2, 0.25) is 0 Å². The second-order valence-corrected chi connectivity index (χ2v) is 5.78. The van der Waals surface area contributed by atoms with E-state index in [0.717, 1.165) is 34.4 Å². The fraction of sp³-hybridized carbons (Fsp3) is 0.353. The zero-order valence-corrected chi connectivity index (χ0v) is 13.8. The number of aromatic nitrogens is 4. The fourth-order valence-electron chi connectivity index (χ4n) is 2.99. The van der Waals surface area contributed by atoms with Gasteiger partial charge in [-0.2, -0.15) is 5.10 Å². The number of aryl methyl sites for hydroxylation is 2. The van der Waals surface area contributed by atoms with Crippen molar-refractivity contribution in [1.29, 1.82) is 0 Å². The van der Waals surface area contributed by atoms with Crippen molar-refractivity contribution < 1.29 is 4.79 Å². The van der Waals surface area contributed by atoms with Crippen LogP contribution >= 0.6 is 0 Å². The van der Waals surface area contributed by atoms with Crippen LogP contribution in [0.1, 0.15) is 46.7 Å². The number of rotatable bonds is 4. The van der Waals surface area contributed by atoms with Gasteiger partial charge in [0.15, 0.2) is 0 Å². The maximum atomic E-state index is 12.6. The molecule has 0 spiro atoms. The standard InChI is InChI=1S/C17H21N5O/c1-5-13(16-10(2)21-22(4)11(16)3)20-17(23)12-6-7-14-15(8-12)19-9-18-14/h6-9,13H,5H2,1-4H3,(H,18,19)(H,20,23)/t13-/m0/s1. The largest absolute Gasteiger partial charge is 0.345 e. The molecular formula is C17H21N5O. The molecule has 1 aromatic carbocycles. The van der Waals surface area contributed by atoms with Crippen LogP contribution in [0.15, 0.2) is 24.5 Å². The lowest BCUT2D eigenvalue weighted by Crippen LogP contribution is -2.28. The average Bonchev–Trinajstić information content (AvgIpc) is 3.09. The Balaban J connectivity index is 1.87. The lowest BCUT2D eigenvalue weighted by molar-refractivity contribution is 0.0935. The highest BCUT2D eigenvalue weighted by molar-refractivity contribution is 5.97. The Morgan fingerprint density at radius 3 is 2.83 bits per heavy atom. The first-order chi connectivity index (χ1) is 11.0. The molecule has 1 atom stereocenters. The van der Waals surface area contributed by atoms with E-state index in [4.69, 9.17) is 0 Å². The normalized spacial score (nSPS) is 12.5. The highest BCUT2D eigenvalue weighted by Crippen LogP contribution is 2.24. The molecule has 120 valence electrons. The summed E-state index contributed by atoms with van der Waals surface area (Å²) < 4.78 is 1.86. The van der Waals surface area contributed by atoms with Crippen LogP contribution in [0.3, 0.4) is 0 Å². The summed E-state index contributed by atoms with van der Waals surface area (Å²) in [6.45, 7) is 6.07. The Hall–Kier alpha value is -2.63. The molecule has 0 aliphatic rings. The van der Waals surface area contributed by atoms with Crippen LogP contribution in [0, 0.1) is 13.8 Å². The van der Waals surface area contributed by atoms with Crippen molar-refractivity contribution in [3.8, 4) is 0 Å². The molecule has 3 rings (SSSR count). The molecule has 23 heavy (non-hydrogen) atoms. The quantitative estimate of drug-likeness (QED) is 0.778. The first-order valence-corrected chi connectivity index (χ1v) is 7.75. The maximum Gasteiger partial charge on any atom is 0.251 e. The topological polar surface area (TPSA) is 75.6 Å². The van der Waals surface area contributed by atoms with E-state index in [1.54, 1.807) is 12.4 Å². The van der Waals surface area contributed by atoms with E-state index in [-0.39, 0.29) is 11.9 Å². The zero-order valence-electron chi connectivity index (χ0n) is 13.8. The summed E-state index contributed by atoms with van der Waals surface area (Å²) in [5, 5.41) is 7.57. The molecule has 2 heterocycles. The van der Waals surface area contributed by atoms with E-state index >= 15 is 0 Å². The Labute approximate surface area is 134 Å². The Bertz CT molecular complexity index is 861. The van der Waals surface area contributed by atoms with Gasteiger partial charge in [-0.1, -0.05) is 6.92 Å². The molecule has 0 bridgehead atoms. The lowest BCUT2D eigenvalue weighted by atomic mass is 10.0. The maximum absolute atomic E-state index is 12.6. The van der Waals surface area contributed by atoms with Crippen molar-refractivity contribution in [3.05, 3.63) is 47.0 Å². The molecule has 2 N–H and O–H groups in total. The minimum atomic E-state index is -0.0870. The molecule has 0 aliphatic carbocycles. The van der Waals surface area contributed by atoms with Crippen molar-refractivity contribution in [2.75, 3.05) is 0 Å². The molecule has 3 aromatic rings. The predicted octanol–water partition coefficient (Wildman–Crippen LogP) is 2.79. The molecule has 6 nitrogen and oxygen atoms in total. The highest BCUT2D eigenvalue weighted by Gasteiger charge is 2.21. The summed E-state index contributed by atoms with van der Waals surface area (Å²) in [6, 6.07) is 5.43. The zero-order chi connectivity index (χ0) is 16.6. The summed E-state index contributed by atoms with van der Waals surface area (Å²) in [4.78, 5) is 19.8. The van der Waals surface area contributed by atoms with Gasteiger partial charge in [-0.25, -0.2) is 4.98 Å². The second-order valence-electron chi connectivity index (χ2n) is 5.78. The van der Waals surface area contributed by atoms with E-state index < -0.39 is 0 Å². The van der Waals surface area contributed by atoms with Gasteiger partial charge in [-0.3, -0.25) is 9.48 Å². The van der Waals surface area contributed by atoms with Crippen LogP contribution in [0.25, 0.3) is 11.0 Å². The van der Waals surface area contributed by atoms with Gasteiger partial charge in [0.05, 0.1) is 29.1 Å². The van der Waals surface area contributed by atoms with Crippen molar-refractivity contribution >= 4 is 16.9 Å². The number of H-pyrrole nitrogens is 1. The molecule has 0 radical (unpaired) electrons. The molecule has 0 aliphatic heterocycles. The average molecular weight is 311 g/mol. The van der Waals surface area contributed by atoms with Gasteiger partial charge in [-0.05, 0) is 38.5 Å². The molecule has 0 fully saturated rings. The van der Waals surface area contributed by atoms with Gasteiger partial charge in [0, 0.05) is 23.9 Å². The van der Waals surface area contributed by atoms with E-state index in [1.165, 1.54) is 0 Å². The van der Waals surface area contributed by atoms with Crippen LogP contribution in [-0.2, 0) is 7.05 Å². The van der Waals surface area contributed by atoms with E-state index in [1.807, 2.05) is 37.7 Å².